The number of fused-ring (bicyclic) bond motifs is 1. The van der Waals surface area contributed by atoms with Crippen LogP contribution in [0.3, 0.4) is 0 Å². The molecule has 1 aromatic heterocycles. The lowest BCUT2D eigenvalue weighted by atomic mass is 9.98. The van der Waals surface area contributed by atoms with Gasteiger partial charge in [0.25, 0.3) is 0 Å². The normalized spacial score (nSPS) is 16.7. The van der Waals surface area contributed by atoms with Gasteiger partial charge in [-0.05, 0) is 67.6 Å². The zero-order chi connectivity index (χ0) is 25.2. The van der Waals surface area contributed by atoms with Gasteiger partial charge < -0.3 is 14.8 Å². The van der Waals surface area contributed by atoms with Crippen LogP contribution in [0.25, 0.3) is 10.1 Å². The van der Waals surface area contributed by atoms with Gasteiger partial charge in [0.15, 0.2) is 0 Å². The average molecular weight is 537 g/mol. The van der Waals surface area contributed by atoms with Gasteiger partial charge in [-0.15, -0.1) is 11.3 Å². The van der Waals surface area contributed by atoms with E-state index < -0.39 is 21.9 Å². The van der Waals surface area contributed by atoms with Crippen LogP contribution in [0, 0.1) is 5.92 Å². The van der Waals surface area contributed by atoms with Crippen LogP contribution in [0.15, 0.2) is 47.4 Å². The van der Waals surface area contributed by atoms with E-state index in [2.05, 4.69) is 5.32 Å². The van der Waals surface area contributed by atoms with Gasteiger partial charge in [-0.25, -0.2) is 13.2 Å². The van der Waals surface area contributed by atoms with E-state index in [0.717, 1.165) is 10.1 Å². The van der Waals surface area contributed by atoms with E-state index in [0.29, 0.717) is 36.6 Å². The van der Waals surface area contributed by atoms with Gasteiger partial charge in [0.2, 0.25) is 15.9 Å². The van der Waals surface area contributed by atoms with E-state index >= 15 is 0 Å². The number of benzene rings is 2. The highest BCUT2D eigenvalue weighted by Gasteiger charge is 2.35. The summed E-state index contributed by atoms with van der Waals surface area (Å²) in [5.74, 6) is -0.952. The van der Waals surface area contributed by atoms with Gasteiger partial charge in [0.1, 0.15) is 15.5 Å². The third-order valence-corrected chi connectivity index (χ3v) is 8.97. The zero-order valence-electron chi connectivity index (χ0n) is 19.2. The Morgan fingerprint density at radius 3 is 2.74 bits per heavy atom. The molecule has 1 N–H and O–H groups in total. The molecule has 0 radical (unpaired) electrons. The van der Waals surface area contributed by atoms with Gasteiger partial charge in [0.05, 0.1) is 19.6 Å². The van der Waals surface area contributed by atoms with Crippen molar-refractivity contribution in [1.82, 2.24) is 4.31 Å². The molecule has 3 aromatic rings. The molecule has 35 heavy (non-hydrogen) atoms. The second-order valence-electron chi connectivity index (χ2n) is 8.07. The summed E-state index contributed by atoms with van der Waals surface area (Å²) in [5, 5.41) is 3.99. The van der Waals surface area contributed by atoms with Gasteiger partial charge in [-0.3, -0.25) is 4.79 Å². The highest BCUT2D eigenvalue weighted by Crippen LogP contribution is 2.33. The van der Waals surface area contributed by atoms with Crippen molar-refractivity contribution in [2.24, 2.45) is 5.92 Å². The number of halogens is 1. The molecule has 1 aliphatic heterocycles. The lowest BCUT2D eigenvalue weighted by molar-refractivity contribution is -0.120. The minimum absolute atomic E-state index is 0.00257. The van der Waals surface area contributed by atoms with Crippen LogP contribution in [0.5, 0.6) is 5.75 Å². The molecule has 1 saturated heterocycles. The fourth-order valence-electron chi connectivity index (χ4n) is 4.04. The van der Waals surface area contributed by atoms with E-state index in [1.165, 1.54) is 28.8 Å². The molecule has 186 valence electrons. The largest absolute Gasteiger partial charge is 0.492 e. The van der Waals surface area contributed by atoms with Crippen molar-refractivity contribution in [3.63, 3.8) is 0 Å². The summed E-state index contributed by atoms with van der Waals surface area (Å²) in [6, 6.07) is 11.6. The SMILES string of the molecule is CCOc1ccc(Cl)cc1S(=O)(=O)N1CCCC(C(=O)Nc2ccc3sc(C(=O)OC)cc3c2)C1. The standard InChI is InChI=1S/C24H25ClN2O6S2/c1-3-33-19-8-6-17(25)13-22(19)35(30,31)27-10-4-5-15(14-27)23(28)26-18-7-9-20-16(11-18)12-21(34-20)24(29)32-2/h6-9,11-13,15H,3-5,10,14H2,1-2H3,(H,26,28). The number of methoxy groups -OCH3 is 1. The average Bonchev–Trinajstić information content (AvgIpc) is 3.28. The Morgan fingerprint density at radius 2 is 2.00 bits per heavy atom. The van der Waals surface area contributed by atoms with Crippen molar-refractivity contribution in [3.05, 3.63) is 52.4 Å². The molecule has 1 fully saturated rings. The Labute approximate surface area is 212 Å². The number of ether oxygens (including phenoxy) is 2. The maximum atomic E-state index is 13.4. The quantitative estimate of drug-likeness (QED) is 0.436. The molecule has 1 amide bonds. The first kappa shape index (κ1) is 25.4. The van der Waals surface area contributed by atoms with Crippen molar-refractivity contribution in [3.8, 4) is 5.75 Å². The Balaban J connectivity index is 1.50. The van der Waals surface area contributed by atoms with Gasteiger partial charge in [0, 0.05) is 28.5 Å². The van der Waals surface area contributed by atoms with Crippen LogP contribution < -0.4 is 10.1 Å². The number of thiophene rings is 1. The summed E-state index contributed by atoms with van der Waals surface area (Å²) in [6.45, 7) is 2.45. The van der Waals surface area contributed by atoms with Crippen LogP contribution in [-0.2, 0) is 19.6 Å². The second-order valence-corrected chi connectivity index (χ2v) is 11.5. The summed E-state index contributed by atoms with van der Waals surface area (Å²) in [4.78, 5) is 25.3. The van der Waals surface area contributed by atoms with E-state index in [1.54, 1.807) is 37.3 Å². The third kappa shape index (κ3) is 5.45. The summed E-state index contributed by atoms with van der Waals surface area (Å²) in [6.07, 6.45) is 1.12. The highest BCUT2D eigenvalue weighted by molar-refractivity contribution is 7.89. The molecule has 0 aliphatic carbocycles. The number of sulfonamides is 1. The Kier molecular flexibility index (Phi) is 7.65. The monoisotopic (exact) mass is 536 g/mol. The summed E-state index contributed by atoms with van der Waals surface area (Å²) in [5.41, 5.74) is 0.574. The lowest BCUT2D eigenvalue weighted by Gasteiger charge is -2.31. The predicted molar refractivity (Wildman–Crippen MR) is 136 cm³/mol. The van der Waals surface area contributed by atoms with Gasteiger partial charge >= 0.3 is 5.97 Å². The second kappa shape index (κ2) is 10.5. The van der Waals surface area contributed by atoms with Crippen molar-refractivity contribution in [2.75, 3.05) is 32.1 Å². The molecule has 2 aromatic carbocycles. The minimum Gasteiger partial charge on any atom is -0.492 e. The van der Waals surface area contributed by atoms with Crippen molar-refractivity contribution >= 4 is 60.6 Å². The van der Waals surface area contributed by atoms with Crippen LogP contribution in [0.1, 0.15) is 29.4 Å². The first-order valence-corrected chi connectivity index (χ1v) is 13.7. The summed E-state index contributed by atoms with van der Waals surface area (Å²) < 4.78 is 39.3. The van der Waals surface area contributed by atoms with Crippen LogP contribution >= 0.6 is 22.9 Å². The van der Waals surface area contributed by atoms with E-state index in [9.17, 15) is 18.0 Å². The maximum absolute atomic E-state index is 13.4. The topological polar surface area (TPSA) is 102 Å². The van der Waals surface area contributed by atoms with E-state index in [4.69, 9.17) is 21.1 Å². The highest BCUT2D eigenvalue weighted by atomic mass is 35.5. The fourth-order valence-corrected chi connectivity index (χ4v) is 6.92. The predicted octanol–water partition coefficient (Wildman–Crippen LogP) is 4.78. The number of esters is 1. The van der Waals surface area contributed by atoms with Crippen LogP contribution in [-0.4, -0.2) is 51.4 Å². The van der Waals surface area contributed by atoms with Gasteiger partial charge in [-0.1, -0.05) is 11.6 Å². The first-order chi connectivity index (χ1) is 16.7. The molecule has 1 unspecified atom stereocenters. The Hall–Kier alpha value is -2.66. The van der Waals surface area contributed by atoms with Crippen LogP contribution in [0.4, 0.5) is 5.69 Å². The lowest BCUT2D eigenvalue weighted by Crippen LogP contribution is -2.43. The Bertz CT molecular complexity index is 1370. The molecular formula is C24H25ClN2O6S2. The molecule has 8 nitrogen and oxygen atoms in total. The van der Waals surface area contributed by atoms with Crippen LogP contribution in [0.2, 0.25) is 5.02 Å². The van der Waals surface area contributed by atoms with Crippen molar-refractivity contribution in [1.29, 1.82) is 0 Å². The van der Waals surface area contributed by atoms with Crippen molar-refractivity contribution in [2.45, 2.75) is 24.7 Å². The van der Waals surface area contributed by atoms with Crippen molar-refractivity contribution < 1.29 is 27.5 Å². The number of nitrogens with one attached hydrogen (secondary N) is 1. The van der Waals surface area contributed by atoms with E-state index in [-0.39, 0.29) is 28.1 Å². The number of anilines is 1. The molecule has 1 atom stereocenters. The van der Waals surface area contributed by atoms with Gasteiger partial charge in [-0.2, -0.15) is 4.31 Å². The van der Waals surface area contributed by atoms with E-state index in [1.807, 2.05) is 6.07 Å². The smallest absolute Gasteiger partial charge is 0.348 e. The number of carbonyl (C=O) groups is 2. The number of nitrogens with zero attached hydrogens (tertiary/aromatic N) is 1. The number of amides is 1. The molecule has 1 aliphatic rings. The molecule has 2 heterocycles. The zero-order valence-corrected chi connectivity index (χ0v) is 21.6. The molecule has 0 bridgehead atoms. The summed E-state index contributed by atoms with van der Waals surface area (Å²) in [7, 11) is -2.58. The molecule has 4 rings (SSSR count). The number of rotatable bonds is 7. The molecule has 11 heteroatoms. The minimum atomic E-state index is -3.91. The maximum Gasteiger partial charge on any atom is 0.348 e. The number of hydrogen-bond donors (Lipinski definition) is 1. The Morgan fingerprint density at radius 1 is 1.20 bits per heavy atom. The third-order valence-electron chi connectivity index (χ3n) is 5.75. The fraction of sp³-hybridized carbons (Fsp3) is 0.333. The first-order valence-electron chi connectivity index (χ1n) is 11.1. The number of hydrogen-bond acceptors (Lipinski definition) is 7. The molecule has 0 spiro atoms. The number of carbonyl (C=O) groups excluding carboxylic acids is 2. The molecular weight excluding hydrogens is 512 g/mol. The summed E-state index contributed by atoms with van der Waals surface area (Å²) >= 11 is 7.38. The number of piperidine rings is 1. The molecule has 0 saturated carbocycles.